The van der Waals surface area contributed by atoms with Gasteiger partial charge < -0.3 is 20.9 Å². The molecule has 0 spiro atoms. The van der Waals surface area contributed by atoms with E-state index in [1.807, 2.05) is 0 Å². The van der Waals surface area contributed by atoms with Crippen molar-refractivity contribution in [3.05, 3.63) is 22.7 Å². The number of carbonyl (C=O) groups excluding carboxylic acids is 1. The average Bonchev–Trinajstić information content (AvgIpc) is 2.30. The number of rotatable bonds is 4. The zero-order valence-electron chi connectivity index (χ0n) is 9.86. The predicted molar refractivity (Wildman–Crippen MR) is 67.2 cm³/mol. The summed E-state index contributed by atoms with van der Waals surface area (Å²) < 4.78 is 4.92. The van der Waals surface area contributed by atoms with Gasteiger partial charge in [0, 0.05) is 6.07 Å². The molecule has 0 heterocycles. The molecule has 0 fully saturated rings. The fraction of sp³-hybridized carbons (Fsp3) is 0.273. The van der Waals surface area contributed by atoms with Gasteiger partial charge in [-0.2, -0.15) is 0 Å². The monoisotopic (exact) mass is 272 g/mol. The molecule has 1 aromatic rings. The topological polar surface area (TPSA) is 102 Å². The smallest absolute Gasteiger partial charge is 0.339 e. The van der Waals surface area contributed by atoms with Crippen molar-refractivity contribution < 1.29 is 19.4 Å². The zero-order valence-corrected chi connectivity index (χ0v) is 10.6. The van der Waals surface area contributed by atoms with Crippen LogP contribution in [-0.4, -0.2) is 30.1 Å². The minimum absolute atomic E-state index is 0.0821. The van der Waals surface area contributed by atoms with Crippen LogP contribution in [0.1, 0.15) is 17.3 Å². The molecule has 0 saturated heterocycles. The van der Waals surface area contributed by atoms with Gasteiger partial charge in [-0.25, -0.2) is 4.79 Å². The number of carboxylic acids is 1. The summed E-state index contributed by atoms with van der Waals surface area (Å²) in [4.78, 5) is 22.4. The van der Waals surface area contributed by atoms with Gasteiger partial charge in [0.2, 0.25) is 5.91 Å². The highest BCUT2D eigenvalue weighted by Gasteiger charge is 2.17. The Morgan fingerprint density at radius 1 is 1.50 bits per heavy atom. The average molecular weight is 273 g/mol. The Hall–Kier alpha value is -1.79. The Kier molecular flexibility index (Phi) is 4.52. The summed E-state index contributed by atoms with van der Waals surface area (Å²) in [6, 6.07) is 1.84. The lowest BCUT2D eigenvalue weighted by Crippen LogP contribution is -2.32. The van der Waals surface area contributed by atoms with Gasteiger partial charge in [0.15, 0.2) is 0 Å². The van der Waals surface area contributed by atoms with Gasteiger partial charge in [0.25, 0.3) is 0 Å². The van der Waals surface area contributed by atoms with Crippen molar-refractivity contribution >= 4 is 29.2 Å². The van der Waals surface area contributed by atoms with Crippen LogP contribution < -0.4 is 15.8 Å². The first-order valence-corrected chi connectivity index (χ1v) is 5.42. The lowest BCUT2D eigenvalue weighted by Gasteiger charge is -2.12. The molecule has 1 rings (SSSR count). The van der Waals surface area contributed by atoms with Crippen molar-refractivity contribution in [2.75, 3.05) is 12.4 Å². The summed E-state index contributed by atoms with van der Waals surface area (Å²) >= 11 is 5.88. The molecule has 1 amide bonds. The van der Waals surface area contributed by atoms with Crippen molar-refractivity contribution in [2.45, 2.75) is 13.0 Å². The largest absolute Gasteiger partial charge is 0.496 e. The highest BCUT2D eigenvalue weighted by atomic mass is 35.5. The summed E-state index contributed by atoms with van der Waals surface area (Å²) in [7, 11) is 1.33. The standard InChI is InChI=1S/C11H13ClN2O4/c1-5(13)10(15)14-8-4-9(18-2)6(11(16)17)3-7(8)12/h3-5H,13H2,1-2H3,(H,14,15)(H,16,17). The third-order valence-electron chi connectivity index (χ3n) is 2.19. The fourth-order valence-corrected chi connectivity index (χ4v) is 1.44. The Balaban J connectivity index is 3.15. The maximum Gasteiger partial charge on any atom is 0.339 e. The zero-order chi connectivity index (χ0) is 13.9. The van der Waals surface area contributed by atoms with E-state index < -0.39 is 17.9 Å². The number of ether oxygens (including phenoxy) is 1. The van der Waals surface area contributed by atoms with Gasteiger partial charge in [0.05, 0.1) is 23.9 Å². The SMILES string of the molecule is COc1cc(NC(=O)C(C)N)c(Cl)cc1C(=O)O. The number of halogens is 1. The second-order valence-electron chi connectivity index (χ2n) is 3.62. The van der Waals surface area contributed by atoms with E-state index in [0.29, 0.717) is 0 Å². The van der Waals surface area contributed by atoms with Gasteiger partial charge >= 0.3 is 5.97 Å². The molecule has 0 aliphatic rings. The third kappa shape index (κ3) is 3.12. The second-order valence-corrected chi connectivity index (χ2v) is 4.02. The van der Waals surface area contributed by atoms with E-state index in [1.54, 1.807) is 0 Å². The molecule has 0 aliphatic heterocycles. The van der Waals surface area contributed by atoms with Crippen LogP contribution in [0.4, 0.5) is 5.69 Å². The number of methoxy groups -OCH3 is 1. The maximum atomic E-state index is 11.4. The molecular formula is C11H13ClN2O4. The number of carboxylic acid groups (broad SMARTS) is 1. The van der Waals surface area contributed by atoms with Gasteiger partial charge in [0.1, 0.15) is 11.3 Å². The normalized spacial score (nSPS) is 11.8. The van der Waals surface area contributed by atoms with Crippen molar-refractivity contribution in [1.82, 2.24) is 0 Å². The van der Waals surface area contributed by atoms with Gasteiger partial charge in [-0.15, -0.1) is 0 Å². The number of anilines is 1. The second kappa shape index (κ2) is 5.70. The third-order valence-corrected chi connectivity index (χ3v) is 2.50. The number of hydrogen-bond acceptors (Lipinski definition) is 4. The first-order chi connectivity index (χ1) is 8.36. The molecule has 98 valence electrons. The van der Waals surface area contributed by atoms with Crippen LogP contribution in [0, 0.1) is 0 Å². The molecular weight excluding hydrogens is 260 g/mol. The number of nitrogens with one attached hydrogen (secondary N) is 1. The Morgan fingerprint density at radius 2 is 2.11 bits per heavy atom. The minimum Gasteiger partial charge on any atom is -0.496 e. The predicted octanol–water partition coefficient (Wildman–Crippen LogP) is 1.33. The number of benzene rings is 1. The van der Waals surface area contributed by atoms with Crippen LogP contribution in [0.2, 0.25) is 5.02 Å². The number of carbonyl (C=O) groups is 2. The van der Waals surface area contributed by atoms with Crippen molar-refractivity contribution in [2.24, 2.45) is 5.73 Å². The minimum atomic E-state index is -1.17. The highest BCUT2D eigenvalue weighted by Crippen LogP contribution is 2.31. The molecule has 7 heteroatoms. The van der Waals surface area contributed by atoms with Crippen molar-refractivity contribution in [1.29, 1.82) is 0 Å². The van der Waals surface area contributed by atoms with Gasteiger partial charge in [-0.05, 0) is 13.0 Å². The molecule has 0 bridgehead atoms. The Bertz CT molecular complexity index is 488. The van der Waals surface area contributed by atoms with Gasteiger partial charge in [-0.1, -0.05) is 11.6 Å². The molecule has 0 saturated carbocycles. The van der Waals surface area contributed by atoms with Crippen LogP contribution in [-0.2, 0) is 4.79 Å². The first kappa shape index (κ1) is 14.3. The molecule has 0 aliphatic carbocycles. The molecule has 1 unspecified atom stereocenters. The lowest BCUT2D eigenvalue weighted by molar-refractivity contribution is -0.117. The summed E-state index contributed by atoms with van der Waals surface area (Å²) in [6.45, 7) is 1.52. The molecule has 0 aromatic heterocycles. The molecule has 4 N–H and O–H groups in total. The summed E-state index contributed by atoms with van der Waals surface area (Å²) in [6.07, 6.45) is 0. The van der Waals surface area contributed by atoms with E-state index in [0.717, 1.165) is 0 Å². The summed E-state index contributed by atoms with van der Waals surface area (Å²) in [5, 5.41) is 11.5. The Labute approximate surface area is 109 Å². The number of aromatic carboxylic acids is 1. The van der Waals surface area contributed by atoms with E-state index in [-0.39, 0.29) is 22.0 Å². The van der Waals surface area contributed by atoms with E-state index in [9.17, 15) is 9.59 Å². The number of amides is 1. The lowest BCUT2D eigenvalue weighted by atomic mass is 10.1. The van der Waals surface area contributed by atoms with Crippen LogP contribution in [0.3, 0.4) is 0 Å². The van der Waals surface area contributed by atoms with E-state index in [2.05, 4.69) is 5.32 Å². The fourth-order valence-electron chi connectivity index (χ4n) is 1.23. The van der Waals surface area contributed by atoms with Crippen molar-refractivity contribution in [3.63, 3.8) is 0 Å². The van der Waals surface area contributed by atoms with Crippen LogP contribution in [0.5, 0.6) is 5.75 Å². The molecule has 6 nitrogen and oxygen atoms in total. The summed E-state index contributed by atoms with van der Waals surface area (Å²) in [5.41, 5.74) is 5.57. The first-order valence-electron chi connectivity index (χ1n) is 5.04. The molecule has 0 radical (unpaired) electrons. The van der Waals surface area contributed by atoms with E-state index in [4.69, 9.17) is 27.2 Å². The van der Waals surface area contributed by atoms with Crippen molar-refractivity contribution in [3.8, 4) is 5.75 Å². The number of nitrogens with two attached hydrogens (primary N) is 1. The maximum absolute atomic E-state index is 11.4. The molecule has 18 heavy (non-hydrogen) atoms. The highest BCUT2D eigenvalue weighted by molar-refractivity contribution is 6.34. The molecule has 1 aromatic carbocycles. The van der Waals surface area contributed by atoms with Gasteiger partial charge in [-0.3, -0.25) is 4.79 Å². The Morgan fingerprint density at radius 3 is 2.56 bits per heavy atom. The molecule has 1 atom stereocenters. The quantitative estimate of drug-likeness (QED) is 0.767. The number of hydrogen-bond donors (Lipinski definition) is 3. The van der Waals surface area contributed by atoms with Crippen LogP contribution >= 0.6 is 11.6 Å². The summed E-state index contributed by atoms with van der Waals surface area (Å²) in [5.74, 6) is -1.49. The van der Waals surface area contributed by atoms with E-state index in [1.165, 1.54) is 26.2 Å². The van der Waals surface area contributed by atoms with Crippen LogP contribution in [0.25, 0.3) is 0 Å². The van der Waals surface area contributed by atoms with E-state index >= 15 is 0 Å². The van der Waals surface area contributed by atoms with Crippen LogP contribution in [0.15, 0.2) is 12.1 Å².